The number of methoxy groups -OCH3 is 1. The van der Waals surface area contributed by atoms with E-state index in [4.69, 9.17) is 18.9 Å². The van der Waals surface area contributed by atoms with Gasteiger partial charge in [-0.05, 0) is 25.8 Å². The summed E-state index contributed by atoms with van der Waals surface area (Å²) < 4.78 is 23.2. The lowest BCUT2D eigenvalue weighted by molar-refractivity contribution is -0.155. The van der Waals surface area contributed by atoms with Gasteiger partial charge in [0.1, 0.15) is 17.6 Å². The molecule has 1 aromatic rings. The van der Waals surface area contributed by atoms with Crippen molar-refractivity contribution >= 4 is 51.8 Å². The number of carbonyl (C=O) groups excluding carboxylic acids is 5. The van der Waals surface area contributed by atoms with Crippen LogP contribution in [0.2, 0.25) is 0 Å². The number of hydrogen-bond donors (Lipinski definition) is 3. The molecule has 270 valence electrons. The third-order valence-corrected chi connectivity index (χ3v) is 12.0. The molecule has 50 heavy (non-hydrogen) atoms. The van der Waals surface area contributed by atoms with E-state index in [-0.39, 0.29) is 55.4 Å². The highest BCUT2D eigenvalue weighted by Crippen LogP contribution is 2.48. The lowest BCUT2D eigenvalue weighted by Gasteiger charge is -2.38. The Morgan fingerprint density at radius 1 is 1.00 bits per heavy atom. The van der Waals surface area contributed by atoms with Crippen molar-refractivity contribution in [3.05, 3.63) is 70.2 Å². The Balaban J connectivity index is 1.83. The van der Waals surface area contributed by atoms with Crippen LogP contribution in [0.1, 0.15) is 85.1 Å². The highest BCUT2D eigenvalue weighted by Gasteiger charge is 2.51. The monoisotopic (exact) mass is 805 g/mol. The molecule has 1 amide bonds. The number of nitrogens with one attached hydrogen (secondary N) is 1. The van der Waals surface area contributed by atoms with Crippen LogP contribution in [-0.2, 0) is 23.8 Å². The van der Waals surface area contributed by atoms with E-state index in [0.29, 0.717) is 0 Å². The van der Waals surface area contributed by atoms with Crippen LogP contribution in [-0.4, -0.2) is 74.6 Å². The largest absolute Gasteiger partial charge is 0.507 e. The zero-order valence-corrected chi connectivity index (χ0v) is 31.7. The zero-order valence-electron chi connectivity index (χ0n) is 29.5. The van der Waals surface area contributed by atoms with E-state index in [1.54, 1.807) is 18.2 Å². The number of amides is 1. The molecule has 5 rings (SSSR count). The fourth-order valence-corrected chi connectivity index (χ4v) is 7.43. The van der Waals surface area contributed by atoms with Crippen molar-refractivity contribution in [1.29, 1.82) is 0 Å². The minimum absolute atomic E-state index is 0.0318. The van der Waals surface area contributed by atoms with Gasteiger partial charge in [-0.2, -0.15) is 0 Å². The fraction of sp³-hybridized carbons (Fsp3) is 0.486. The van der Waals surface area contributed by atoms with Gasteiger partial charge in [0, 0.05) is 59.8 Å². The summed E-state index contributed by atoms with van der Waals surface area (Å²) in [5.74, 6) is -7.51. The Labute approximate surface area is 305 Å². The number of allylic oxidation sites excluding steroid dienone is 4. The lowest BCUT2D eigenvalue weighted by Crippen LogP contribution is -2.44. The molecule has 13 heteroatoms. The molecule has 0 aromatic heterocycles. The average Bonchev–Trinajstić information content (AvgIpc) is 3.33. The molecule has 1 aliphatic carbocycles. The van der Waals surface area contributed by atoms with E-state index >= 15 is 0 Å². The molecule has 0 spiro atoms. The van der Waals surface area contributed by atoms with E-state index in [1.807, 2.05) is 27.7 Å². The Hall–Kier alpha value is -3.82. The molecule has 0 saturated carbocycles. The van der Waals surface area contributed by atoms with E-state index in [1.165, 1.54) is 47.1 Å². The van der Waals surface area contributed by atoms with Crippen LogP contribution >= 0.6 is 22.6 Å². The molecule has 0 unspecified atom stereocenters. The Bertz CT molecular complexity index is 1730. The van der Waals surface area contributed by atoms with Crippen molar-refractivity contribution in [2.75, 3.05) is 7.11 Å². The van der Waals surface area contributed by atoms with Crippen molar-refractivity contribution in [1.82, 2.24) is 5.32 Å². The van der Waals surface area contributed by atoms with Gasteiger partial charge in [0.15, 0.2) is 5.78 Å². The number of phenolic OH excluding ortho intramolecular Hbond substituents is 1. The summed E-state index contributed by atoms with van der Waals surface area (Å²) in [4.78, 5) is 66.4. The normalized spacial score (nSPS) is 34.5. The van der Waals surface area contributed by atoms with Gasteiger partial charge in [-0.1, -0.05) is 68.5 Å². The minimum Gasteiger partial charge on any atom is -0.507 e. The molecule has 1 aromatic carbocycles. The van der Waals surface area contributed by atoms with Gasteiger partial charge in [0.2, 0.25) is 5.78 Å². The van der Waals surface area contributed by atoms with E-state index in [2.05, 4.69) is 27.9 Å². The standard InChI is InChI=1S/C37H44INO11/c1-16-11-10-12-17(2)36(46)39-23-15-24(41)26-27(32(23)44)31(43)21(6)34-28(26)35(45)37(8,50-34)48-14-13-25(47-9)18(3)33(49-22(7)40)20(5)29(38)19(4)30(16)42/h10-16,18-20,25,29-30,33,42-43H,1-9H3,(H,39,46)/b11-10+,14-13+,17-12-/t16-,18+,19-,20+,25-,29+,30-,33+,37-/m0/s1. The first kappa shape index (κ1) is 39.0. The van der Waals surface area contributed by atoms with Crippen LogP contribution in [0.25, 0.3) is 0 Å². The smallest absolute Gasteiger partial charge is 0.312 e. The number of fused-ring (bicyclic) bond motifs is 14. The number of aliphatic hydroxyl groups excluding tert-OH is 1. The molecular formula is C37H44INO11. The predicted molar refractivity (Wildman–Crippen MR) is 191 cm³/mol. The highest BCUT2D eigenvalue weighted by molar-refractivity contribution is 14.1. The third-order valence-electron chi connectivity index (χ3n) is 9.73. The van der Waals surface area contributed by atoms with E-state index in [0.717, 1.165) is 6.08 Å². The van der Waals surface area contributed by atoms with E-state index < -0.39 is 70.6 Å². The number of hydrogen-bond acceptors (Lipinski definition) is 11. The number of rotatable bonds is 2. The maximum atomic E-state index is 13.9. The van der Waals surface area contributed by atoms with Crippen LogP contribution in [0.3, 0.4) is 0 Å². The number of phenols is 1. The Morgan fingerprint density at radius 2 is 1.66 bits per heavy atom. The van der Waals surface area contributed by atoms with Gasteiger partial charge in [-0.25, -0.2) is 0 Å². The first-order valence-corrected chi connectivity index (χ1v) is 17.6. The van der Waals surface area contributed by atoms with Gasteiger partial charge in [0.25, 0.3) is 11.7 Å². The Kier molecular flexibility index (Phi) is 11.8. The summed E-state index contributed by atoms with van der Waals surface area (Å²) in [5, 5.41) is 24.9. The van der Waals surface area contributed by atoms with Crippen molar-refractivity contribution in [2.45, 2.75) is 83.4 Å². The van der Waals surface area contributed by atoms with Gasteiger partial charge < -0.3 is 34.5 Å². The maximum Gasteiger partial charge on any atom is 0.312 e. The fourth-order valence-electron chi connectivity index (χ4n) is 6.59. The summed E-state index contributed by atoms with van der Waals surface area (Å²) in [6.45, 7) is 13.2. The van der Waals surface area contributed by atoms with Crippen molar-refractivity contribution in [3.63, 3.8) is 0 Å². The molecule has 12 nitrogen and oxygen atoms in total. The van der Waals surface area contributed by atoms with Gasteiger partial charge >= 0.3 is 11.8 Å². The molecule has 0 saturated heterocycles. The average molecular weight is 806 g/mol. The zero-order chi connectivity index (χ0) is 37.4. The molecular weight excluding hydrogens is 761 g/mol. The van der Waals surface area contributed by atoms with Crippen molar-refractivity contribution < 1.29 is 53.1 Å². The quantitative estimate of drug-likeness (QED) is 0.207. The number of halogens is 1. The van der Waals surface area contributed by atoms with Crippen molar-refractivity contribution in [2.24, 2.45) is 23.7 Å². The van der Waals surface area contributed by atoms with Gasteiger partial charge in [-0.3, -0.25) is 24.0 Å². The minimum atomic E-state index is -1.99. The molecule has 3 N–H and O–H groups in total. The summed E-state index contributed by atoms with van der Waals surface area (Å²) in [6.07, 6.45) is 6.45. The summed E-state index contributed by atoms with van der Waals surface area (Å²) in [5.41, 5.74) is -1.14. The summed E-state index contributed by atoms with van der Waals surface area (Å²) in [7, 11) is 1.48. The summed E-state index contributed by atoms with van der Waals surface area (Å²) >= 11 is 2.27. The number of benzene rings is 1. The number of aliphatic hydroxyl groups is 1. The maximum absolute atomic E-state index is 13.9. The first-order valence-electron chi connectivity index (χ1n) is 16.3. The second kappa shape index (κ2) is 15.2. The number of alkyl halides is 1. The number of aromatic hydroxyl groups is 1. The molecule has 3 heterocycles. The SMILES string of the molecule is CO[C@H]1/C=C/O[C@@]2(C)Oc3c(C)c(O)c4c(c3C2=O)C(=O)C=C(NC(=O)/C(C)=C\C=C\[C@H](C)[C@H](O)[C@@H](C)[C@@H](I)[C@@H](C)[C@H](OC(C)=O)[C@@H]1C)C4=O. The molecule has 5 bridgehead atoms. The Morgan fingerprint density at radius 3 is 2.28 bits per heavy atom. The van der Waals surface area contributed by atoms with Crippen LogP contribution in [0.4, 0.5) is 0 Å². The lowest BCUT2D eigenvalue weighted by atomic mass is 9.80. The second-order valence-electron chi connectivity index (χ2n) is 13.3. The van der Waals surface area contributed by atoms with Crippen LogP contribution in [0.15, 0.2) is 47.9 Å². The number of ketones is 3. The first-order chi connectivity index (χ1) is 23.4. The molecule has 3 aliphatic heterocycles. The molecule has 0 fully saturated rings. The highest BCUT2D eigenvalue weighted by atomic mass is 127. The topological polar surface area (TPSA) is 175 Å². The predicted octanol–water partition coefficient (Wildman–Crippen LogP) is 5.07. The van der Waals surface area contributed by atoms with Gasteiger partial charge in [-0.15, -0.1) is 0 Å². The third kappa shape index (κ3) is 7.31. The number of ether oxygens (including phenoxy) is 4. The van der Waals surface area contributed by atoms with Gasteiger partial charge in [0.05, 0.1) is 40.9 Å². The molecule has 4 aliphatic rings. The second-order valence-corrected chi connectivity index (χ2v) is 14.8. The number of esters is 1. The summed E-state index contributed by atoms with van der Waals surface area (Å²) in [6, 6.07) is 0. The van der Waals surface area contributed by atoms with Crippen LogP contribution in [0.5, 0.6) is 11.5 Å². The number of carbonyl (C=O) groups is 5. The molecule has 0 radical (unpaired) electrons. The molecule has 9 atom stereocenters. The number of Topliss-reactive ketones (excluding diaryl/α,β-unsaturated/α-hetero) is 2. The van der Waals surface area contributed by atoms with Crippen LogP contribution < -0.4 is 10.1 Å². The van der Waals surface area contributed by atoms with E-state index in [9.17, 15) is 34.2 Å². The van der Waals surface area contributed by atoms with Crippen LogP contribution in [0, 0.1) is 30.6 Å². The van der Waals surface area contributed by atoms with Crippen molar-refractivity contribution in [3.8, 4) is 11.5 Å².